The zero-order chi connectivity index (χ0) is 29.9. The molecule has 9 nitrogen and oxygen atoms in total. The Bertz CT molecular complexity index is 1630. The van der Waals surface area contributed by atoms with Crippen molar-refractivity contribution in [1.82, 2.24) is 14.5 Å². The van der Waals surface area contributed by atoms with Gasteiger partial charge in [-0.2, -0.15) is 0 Å². The number of nitrogens with zero attached hydrogens (tertiary/aromatic N) is 5. The molecule has 0 spiro atoms. The molecule has 5 rings (SSSR count). The lowest BCUT2D eigenvalue weighted by Gasteiger charge is -2.28. The highest BCUT2D eigenvalue weighted by atomic mass is 79.9. The summed E-state index contributed by atoms with van der Waals surface area (Å²) in [6.07, 6.45) is 1.61. The van der Waals surface area contributed by atoms with Crippen molar-refractivity contribution < 1.29 is 17.9 Å². The number of sulfonamides is 1. The van der Waals surface area contributed by atoms with Crippen LogP contribution >= 0.6 is 15.9 Å². The molecule has 0 bridgehead atoms. The first-order valence-corrected chi connectivity index (χ1v) is 20.2. The maximum absolute atomic E-state index is 13.2. The van der Waals surface area contributed by atoms with Crippen LogP contribution in [0.4, 0.5) is 11.5 Å². The van der Waals surface area contributed by atoms with Crippen LogP contribution in [0.1, 0.15) is 5.56 Å². The third-order valence-corrected chi connectivity index (χ3v) is 11.3. The van der Waals surface area contributed by atoms with Gasteiger partial charge in [0.05, 0.1) is 35.7 Å². The maximum atomic E-state index is 13.2. The Morgan fingerprint density at radius 2 is 1.79 bits per heavy atom. The molecule has 2 aromatic heterocycles. The molecule has 12 heteroatoms. The van der Waals surface area contributed by atoms with Crippen molar-refractivity contribution in [2.24, 2.45) is 0 Å². The van der Waals surface area contributed by atoms with E-state index >= 15 is 0 Å². The van der Waals surface area contributed by atoms with Crippen LogP contribution in [0.2, 0.25) is 25.7 Å². The summed E-state index contributed by atoms with van der Waals surface area (Å²) in [6.45, 7) is 11.0. The van der Waals surface area contributed by atoms with E-state index in [0.717, 1.165) is 57.3 Å². The third-order valence-electron chi connectivity index (χ3n) is 7.38. The summed E-state index contributed by atoms with van der Waals surface area (Å²) in [5.74, 6) is 0.803. The molecule has 3 heterocycles. The van der Waals surface area contributed by atoms with Crippen LogP contribution in [0.3, 0.4) is 0 Å². The highest BCUT2D eigenvalue weighted by Crippen LogP contribution is 2.33. The third kappa shape index (κ3) is 7.23. The smallest absolute Gasteiger partial charge is 0.239 e. The number of fused-ring (bicyclic) bond motifs is 1. The molecule has 4 aromatic rings. The molecule has 0 N–H and O–H groups in total. The second kappa shape index (κ2) is 12.8. The Hall–Kier alpha value is -2.77. The molecule has 0 atom stereocenters. The van der Waals surface area contributed by atoms with Crippen LogP contribution in [0.15, 0.2) is 65.4 Å². The minimum atomic E-state index is -3.58. The average molecular weight is 673 g/mol. The number of hydrogen-bond donors (Lipinski definition) is 0. The normalized spacial score (nSPS) is 14.5. The quantitative estimate of drug-likeness (QED) is 0.143. The molecule has 2 aromatic carbocycles. The van der Waals surface area contributed by atoms with E-state index in [1.165, 1.54) is 4.31 Å². The SMILES string of the molecule is CN(c1ccc(-c2cc3c(N4CCOCC4)ncnc3n2COCC[Si](C)(C)C)cc1)S(=O)(=O)Cc1cccc(Br)c1. The summed E-state index contributed by atoms with van der Waals surface area (Å²) < 4.78 is 42.5. The Kier molecular flexibility index (Phi) is 9.38. The van der Waals surface area contributed by atoms with E-state index in [4.69, 9.17) is 9.47 Å². The predicted octanol–water partition coefficient (Wildman–Crippen LogP) is 5.98. The zero-order valence-electron chi connectivity index (χ0n) is 24.6. The monoisotopic (exact) mass is 671 g/mol. The Labute approximate surface area is 257 Å². The van der Waals surface area contributed by atoms with Gasteiger partial charge in [0, 0.05) is 39.3 Å². The fourth-order valence-corrected chi connectivity index (χ4v) is 7.36. The number of morpholine rings is 1. The van der Waals surface area contributed by atoms with Crippen molar-refractivity contribution in [3.05, 3.63) is 71.0 Å². The molecule has 0 aliphatic carbocycles. The second-order valence-electron chi connectivity index (χ2n) is 11.7. The van der Waals surface area contributed by atoms with Crippen molar-refractivity contribution in [2.45, 2.75) is 38.2 Å². The number of hydrogen-bond acceptors (Lipinski definition) is 7. The molecule has 1 fully saturated rings. The number of halogens is 1. The Morgan fingerprint density at radius 1 is 1.05 bits per heavy atom. The molecule has 42 heavy (non-hydrogen) atoms. The predicted molar refractivity (Wildman–Crippen MR) is 175 cm³/mol. The standard InChI is InChI=1S/C30H38BrN5O4SSi/c1-34(41(37,38)20-23-6-5-7-25(31)18-23)26-10-8-24(9-11-26)28-19-27-29(35-12-14-39-15-13-35)32-21-33-30(27)36(28)22-40-16-17-42(2,3)4/h5-11,18-19,21H,12-17,20,22H2,1-4H3. The fraction of sp³-hybridized carbons (Fsp3) is 0.400. The second-order valence-corrected chi connectivity index (χ2v) is 20.3. The molecular formula is C30H38BrN5O4SSi. The van der Waals surface area contributed by atoms with Gasteiger partial charge in [0.2, 0.25) is 10.0 Å². The molecule has 0 unspecified atom stereocenters. The van der Waals surface area contributed by atoms with E-state index in [1.807, 2.05) is 48.5 Å². The summed E-state index contributed by atoms with van der Waals surface area (Å²) in [6, 6.07) is 18.1. The van der Waals surface area contributed by atoms with E-state index in [1.54, 1.807) is 13.4 Å². The van der Waals surface area contributed by atoms with Gasteiger partial charge in [-0.1, -0.05) is 59.8 Å². The highest BCUT2D eigenvalue weighted by Gasteiger charge is 2.23. The topological polar surface area (TPSA) is 89.8 Å². The lowest BCUT2D eigenvalue weighted by molar-refractivity contribution is 0.0909. The molecule has 1 aliphatic rings. The Morgan fingerprint density at radius 3 is 2.48 bits per heavy atom. The molecule has 1 saturated heterocycles. The van der Waals surface area contributed by atoms with E-state index in [2.05, 4.69) is 61.1 Å². The zero-order valence-corrected chi connectivity index (χ0v) is 28.0. The van der Waals surface area contributed by atoms with Gasteiger partial charge in [-0.25, -0.2) is 18.4 Å². The van der Waals surface area contributed by atoms with E-state index in [-0.39, 0.29) is 5.75 Å². The van der Waals surface area contributed by atoms with Crippen molar-refractivity contribution in [3.63, 3.8) is 0 Å². The molecule has 0 saturated carbocycles. The highest BCUT2D eigenvalue weighted by molar-refractivity contribution is 9.10. The van der Waals surface area contributed by atoms with Crippen LogP contribution in [0.5, 0.6) is 0 Å². The first kappa shape index (κ1) is 30.7. The summed E-state index contributed by atoms with van der Waals surface area (Å²) in [5.41, 5.74) is 4.02. The summed E-state index contributed by atoms with van der Waals surface area (Å²) in [5, 5.41) is 0.959. The first-order chi connectivity index (χ1) is 20.0. The molecule has 0 amide bonds. The van der Waals surface area contributed by atoms with E-state index in [0.29, 0.717) is 32.2 Å². The van der Waals surface area contributed by atoms with Gasteiger partial charge in [-0.15, -0.1) is 0 Å². The fourth-order valence-electron chi connectivity index (χ4n) is 4.92. The van der Waals surface area contributed by atoms with E-state index < -0.39 is 18.1 Å². The van der Waals surface area contributed by atoms with Crippen LogP contribution in [-0.2, 0) is 32.0 Å². The molecule has 1 aliphatic heterocycles. The van der Waals surface area contributed by atoms with Crippen molar-refractivity contribution in [1.29, 1.82) is 0 Å². The number of ether oxygens (including phenoxy) is 2. The molecular weight excluding hydrogens is 634 g/mol. The summed E-state index contributed by atoms with van der Waals surface area (Å²) in [4.78, 5) is 11.6. The summed E-state index contributed by atoms with van der Waals surface area (Å²) >= 11 is 3.42. The van der Waals surface area contributed by atoms with Crippen molar-refractivity contribution in [3.8, 4) is 11.3 Å². The summed E-state index contributed by atoms with van der Waals surface area (Å²) in [7, 11) is -3.22. The van der Waals surface area contributed by atoms with E-state index in [9.17, 15) is 8.42 Å². The van der Waals surface area contributed by atoms with Gasteiger partial charge in [-0.3, -0.25) is 4.31 Å². The van der Waals surface area contributed by atoms with Crippen LogP contribution in [0, 0.1) is 0 Å². The number of rotatable bonds is 11. The van der Waals surface area contributed by atoms with Crippen LogP contribution < -0.4 is 9.21 Å². The van der Waals surface area contributed by atoms with Crippen LogP contribution in [-0.4, -0.2) is 71.0 Å². The minimum absolute atomic E-state index is 0.0866. The largest absolute Gasteiger partial charge is 0.378 e. The molecule has 224 valence electrons. The van der Waals surface area contributed by atoms with Gasteiger partial charge in [0.15, 0.2) is 0 Å². The van der Waals surface area contributed by atoms with Gasteiger partial charge >= 0.3 is 0 Å². The Balaban J connectivity index is 1.45. The lowest BCUT2D eigenvalue weighted by Crippen LogP contribution is -2.36. The van der Waals surface area contributed by atoms with Crippen LogP contribution in [0.25, 0.3) is 22.3 Å². The average Bonchev–Trinajstić information content (AvgIpc) is 3.33. The molecule has 0 radical (unpaired) electrons. The lowest BCUT2D eigenvalue weighted by atomic mass is 10.1. The van der Waals surface area contributed by atoms with Crippen molar-refractivity contribution in [2.75, 3.05) is 49.2 Å². The van der Waals surface area contributed by atoms with Gasteiger partial charge in [0.1, 0.15) is 24.5 Å². The minimum Gasteiger partial charge on any atom is -0.378 e. The van der Waals surface area contributed by atoms with Gasteiger partial charge < -0.3 is 18.9 Å². The number of aromatic nitrogens is 3. The number of anilines is 2. The van der Waals surface area contributed by atoms with Gasteiger partial charge in [-0.05, 0) is 47.5 Å². The first-order valence-electron chi connectivity index (χ1n) is 14.1. The maximum Gasteiger partial charge on any atom is 0.239 e. The number of benzene rings is 2. The van der Waals surface area contributed by atoms with Crippen molar-refractivity contribution >= 4 is 56.6 Å². The van der Waals surface area contributed by atoms with Gasteiger partial charge in [0.25, 0.3) is 0 Å².